The van der Waals surface area contributed by atoms with E-state index in [9.17, 15) is 0 Å². The molecule has 0 radical (unpaired) electrons. The van der Waals surface area contributed by atoms with Gasteiger partial charge in [-0.05, 0) is 18.6 Å². The Balaban J connectivity index is 0. The van der Waals surface area contributed by atoms with Gasteiger partial charge in [-0.1, -0.05) is 38.7 Å². The van der Waals surface area contributed by atoms with Crippen LogP contribution in [-0.4, -0.2) is 13.2 Å². The lowest BCUT2D eigenvalue weighted by Crippen LogP contribution is -1.99. The lowest BCUT2D eigenvalue weighted by atomic mass is 10.2. The fourth-order valence-corrected chi connectivity index (χ4v) is 0.717. The van der Waals surface area contributed by atoms with Crippen LogP contribution >= 0.6 is 0 Å². The molecule has 0 amide bonds. The maximum Gasteiger partial charge on any atom is 0.0721 e. The minimum Gasteiger partial charge on any atom is -0.399 e. The molecule has 2 nitrogen and oxygen atoms in total. The predicted molar refractivity (Wildman–Crippen MR) is 68.6 cm³/mol. The Morgan fingerprint density at radius 1 is 1.33 bits per heavy atom. The van der Waals surface area contributed by atoms with Gasteiger partial charge in [0, 0.05) is 5.70 Å². The Morgan fingerprint density at radius 2 is 1.93 bits per heavy atom. The average molecular weight is 209 g/mol. The second-order valence-electron chi connectivity index (χ2n) is 2.52. The van der Waals surface area contributed by atoms with Gasteiger partial charge in [0.05, 0.1) is 13.2 Å². The molecular weight excluding hydrogens is 186 g/mol. The Morgan fingerprint density at radius 3 is 2.33 bits per heavy atom. The van der Waals surface area contributed by atoms with Crippen LogP contribution in [0.4, 0.5) is 0 Å². The van der Waals surface area contributed by atoms with Gasteiger partial charge in [0.15, 0.2) is 0 Å². The van der Waals surface area contributed by atoms with Crippen molar-refractivity contribution in [1.29, 1.82) is 0 Å². The van der Waals surface area contributed by atoms with E-state index < -0.39 is 0 Å². The molecule has 0 aliphatic heterocycles. The molecule has 0 saturated carbocycles. The zero-order valence-electron chi connectivity index (χ0n) is 10.1. The highest BCUT2D eigenvalue weighted by Crippen LogP contribution is 2.00. The van der Waals surface area contributed by atoms with Gasteiger partial charge in [-0.2, -0.15) is 0 Å². The summed E-state index contributed by atoms with van der Waals surface area (Å²) < 4.78 is 5.24. The van der Waals surface area contributed by atoms with E-state index in [1.165, 1.54) is 0 Å². The lowest BCUT2D eigenvalue weighted by Gasteiger charge is -2.02. The molecule has 0 atom stereocenters. The molecule has 2 heteroatoms. The van der Waals surface area contributed by atoms with Gasteiger partial charge in [0.25, 0.3) is 0 Å². The molecule has 2 N–H and O–H groups in total. The number of ether oxygens (including phenoxy) is 1. The second kappa shape index (κ2) is 12.7. The first-order chi connectivity index (χ1) is 7.24. The van der Waals surface area contributed by atoms with Crippen molar-refractivity contribution in [3.63, 3.8) is 0 Å². The molecule has 0 aliphatic rings. The monoisotopic (exact) mass is 209 g/mol. The molecule has 0 bridgehead atoms. The largest absolute Gasteiger partial charge is 0.399 e. The van der Waals surface area contributed by atoms with Crippen molar-refractivity contribution in [2.24, 2.45) is 5.73 Å². The van der Waals surface area contributed by atoms with Crippen LogP contribution in [0.5, 0.6) is 0 Å². The number of rotatable bonds is 6. The summed E-state index contributed by atoms with van der Waals surface area (Å²) in [5.41, 5.74) is 7.30. The van der Waals surface area contributed by atoms with E-state index in [0.717, 1.165) is 11.3 Å². The van der Waals surface area contributed by atoms with Crippen LogP contribution in [0.3, 0.4) is 0 Å². The molecule has 0 spiro atoms. The first kappa shape index (κ1) is 16.2. The van der Waals surface area contributed by atoms with Crippen LogP contribution < -0.4 is 5.73 Å². The first-order valence-corrected chi connectivity index (χ1v) is 5.18. The summed E-state index contributed by atoms with van der Waals surface area (Å²) in [6.07, 6.45) is 7.12. The van der Waals surface area contributed by atoms with E-state index in [0.29, 0.717) is 13.2 Å². The SMILES string of the molecule is C=CCOC/C(C=C)=C/C(N)=C\C.CC. The molecule has 0 rings (SSSR count). The third-order valence-electron chi connectivity index (χ3n) is 1.45. The molecule has 0 saturated heterocycles. The van der Waals surface area contributed by atoms with Crippen LogP contribution in [0.25, 0.3) is 0 Å². The number of nitrogens with two attached hydrogens (primary N) is 1. The number of hydrogen-bond acceptors (Lipinski definition) is 2. The summed E-state index contributed by atoms with van der Waals surface area (Å²) in [5.74, 6) is 0. The van der Waals surface area contributed by atoms with E-state index in [1.807, 2.05) is 32.9 Å². The highest BCUT2D eigenvalue weighted by Gasteiger charge is 1.91. The average Bonchev–Trinajstić information content (AvgIpc) is 2.30. The topological polar surface area (TPSA) is 35.2 Å². The molecule has 0 aromatic rings. The Hall–Kier alpha value is -1.28. The van der Waals surface area contributed by atoms with Crippen LogP contribution in [0.1, 0.15) is 20.8 Å². The molecule has 86 valence electrons. The second-order valence-corrected chi connectivity index (χ2v) is 2.52. The van der Waals surface area contributed by atoms with Crippen molar-refractivity contribution in [2.75, 3.05) is 13.2 Å². The summed E-state index contributed by atoms with van der Waals surface area (Å²) in [7, 11) is 0. The number of hydrogen-bond donors (Lipinski definition) is 1. The molecule has 0 aromatic carbocycles. The van der Waals surface area contributed by atoms with E-state index in [4.69, 9.17) is 10.5 Å². The normalized spacial score (nSPS) is 11.4. The molecular formula is C13H23NO. The van der Waals surface area contributed by atoms with E-state index in [-0.39, 0.29) is 0 Å². The van der Waals surface area contributed by atoms with Crippen molar-refractivity contribution >= 4 is 0 Å². The predicted octanol–water partition coefficient (Wildman–Crippen LogP) is 3.19. The maximum atomic E-state index is 5.61. The van der Waals surface area contributed by atoms with Crippen molar-refractivity contribution in [3.05, 3.63) is 48.7 Å². The summed E-state index contributed by atoms with van der Waals surface area (Å²) in [6.45, 7) is 14.2. The highest BCUT2D eigenvalue weighted by molar-refractivity contribution is 5.27. The summed E-state index contributed by atoms with van der Waals surface area (Å²) >= 11 is 0. The van der Waals surface area contributed by atoms with E-state index in [2.05, 4.69) is 13.2 Å². The van der Waals surface area contributed by atoms with Gasteiger partial charge in [0.1, 0.15) is 0 Å². The Kier molecular flexibility index (Phi) is 13.7. The Labute approximate surface area is 93.8 Å². The van der Waals surface area contributed by atoms with Crippen molar-refractivity contribution < 1.29 is 4.74 Å². The fourth-order valence-electron chi connectivity index (χ4n) is 0.717. The third-order valence-corrected chi connectivity index (χ3v) is 1.45. The summed E-state index contributed by atoms with van der Waals surface area (Å²) in [6, 6.07) is 0. The van der Waals surface area contributed by atoms with Crippen molar-refractivity contribution in [2.45, 2.75) is 20.8 Å². The molecule has 0 unspecified atom stereocenters. The minimum absolute atomic E-state index is 0.518. The van der Waals surface area contributed by atoms with Crippen LogP contribution in [0, 0.1) is 0 Å². The van der Waals surface area contributed by atoms with E-state index in [1.54, 1.807) is 12.2 Å². The van der Waals surface area contributed by atoms with Gasteiger partial charge in [-0.15, -0.1) is 6.58 Å². The zero-order valence-corrected chi connectivity index (χ0v) is 10.1. The molecule has 0 heterocycles. The molecule has 0 fully saturated rings. The molecule has 15 heavy (non-hydrogen) atoms. The van der Waals surface area contributed by atoms with Crippen molar-refractivity contribution in [3.8, 4) is 0 Å². The van der Waals surface area contributed by atoms with Crippen molar-refractivity contribution in [1.82, 2.24) is 0 Å². The molecule has 0 aliphatic carbocycles. The fraction of sp³-hybridized carbons (Fsp3) is 0.385. The van der Waals surface area contributed by atoms with Gasteiger partial charge in [-0.25, -0.2) is 0 Å². The quantitative estimate of drug-likeness (QED) is 0.414. The minimum atomic E-state index is 0.518. The third kappa shape index (κ3) is 10.6. The van der Waals surface area contributed by atoms with E-state index >= 15 is 0 Å². The first-order valence-electron chi connectivity index (χ1n) is 5.18. The van der Waals surface area contributed by atoms with Gasteiger partial charge >= 0.3 is 0 Å². The maximum absolute atomic E-state index is 5.61. The number of allylic oxidation sites excluding steroid dienone is 2. The summed E-state index contributed by atoms with van der Waals surface area (Å²) in [5, 5.41) is 0. The van der Waals surface area contributed by atoms with Gasteiger partial charge in [-0.3, -0.25) is 0 Å². The summed E-state index contributed by atoms with van der Waals surface area (Å²) in [4.78, 5) is 0. The standard InChI is InChI=1S/C11H17NO.C2H6/c1-4-7-13-9-10(5-2)8-11(12)6-3;1-2/h4-6,8H,1-2,7,9,12H2,3H3;1-2H3/b10-8+,11-6+;. The van der Waals surface area contributed by atoms with Gasteiger partial charge in [0.2, 0.25) is 0 Å². The van der Waals surface area contributed by atoms with Crippen LogP contribution in [0.15, 0.2) is 48.7 Å². The van der Waals surface area contributed by atoms with Gasteiger partial charge < -0.3 is 10.5 Å². The zero-order chi connectivity index (χ0) is 12.1. The highest BCUT2D eigenvalue weighted by atomic mass is 16.5. The van der Waals surface area contributed by atoms with Crippen LogP contribution in [0.2, 0.25) is 0 Å². The Bertz CT molecular complexity index is 227. The van der Waals surface area contributed by atoms with Crippen LogP contribution in [-0.2, 0) is 4.74 Å². The smallest absolute Gasteiger partial charge is 0.0721 e. The molecule has 0 aromatic heterocycles. The lowest BCUT2D eigenvalue weighted by molar-refractivity contribution is 0.189.